The first-order valence-corrected chi connectivity index (χ1v) is 11.3. The number of aromatic nitrogens is 4. The zero-order chi connectivity index (χ0) is 22.8. The van der Waals surface area contributed by atoms with Crippen LogP contribution in [-0.2, 0) is 6.61 Å². The molecule has 1 N–H and O–H groups in total. The second-order valence-corrected chi connectivity index (χ2v) is 8.58. The molecule has 33 heavy (non-hydrogen) atoms. The van der Waals surface area contributed by atoms with Crippen molar-refractivity contribution < 1.29 is 4.74 Å². The number of nitrogens with zero attached hydrogens (tertiary/aromatic N) is 4. The molecule has 3 aromatic carbocycles. The molecule has 2 aromatic heterocycles. The molecule has 0 aliphatic heterocycles. The van der Waals surface area contributed by atoms with Gasteiger partial charge in [-0.1, -0.05) is 53.8 Å². The summed E-state index contributed by atoms with van der Waals surface area (Å²) in [5.74, 6) is 1.14. The molecule has 5 aromatic rings. The molecule has 0 amide bonds. The predicted octanol–water partition coefficient (Wildman–Crippen LogP) is 5.18. The zero-order valence-corrected chi connectivity index (χ0v) is 19.0. The number of rotatable bonds is 6. The minimum absolute atomic E-state index is 0.123. The highest BCUT2D eigenvalue weighted by Gasteiger charge is 2.15. The molecule has 0 radical (unpaired) electrons. The fraction of sp³-hybridized carbons (Fsp3) is 0.120. The van der Waals surface area contributed by atoms with Gasteiger partial charge in [0.15, 0.2) is 5.01 Å². The van der Waals surface area contributed by atoms with Crippen LogP contribution in [0.1, 0.15) is 16.4 Å². The van der Waals surface area contributed by atoms with Gasteiger partial charge in [0.05, 0.1) is 11.1 Å². The highest BCUT2D eigenvalue weighted by atomic mass is 32.1. The largest absolute Gasteiger partial charge is 0.484 e. The topological polar surface area (TPSA) is 81.9 Å². The van der Waals surface area contributed by atoms with E-state index in [0.29, 0.717) is 27.6 Å². The predicted molar refractivity (Wildman–Crippen MR) is 131 cm³/mol. The van der Waals surface area contributed by atoms with E-state index in [4.69, 9.17) is 9.72 Å². The summed E-state index contributed by atoms with van der Waals surface area (Å²) in [4.78, 5) is 18.1. The molecule has 0 fully saturated rings. The number of fused-ring (bicyclic) bond motifs is 1. The average molecular weight is 456 g/mol. The van der Waals surface area contributed by atoms with E-state index in [2.05, 4.69) is 15.5 Å². The van der Waals surface area contributed by atoms with Crippen molar-refractivity contribution in [2.45, 2.75) is 20.5 Å². The van der Waals surface area contributed by atoms with Gasteiger partial charge in [0.25, 0.3) is 5.56 Å². The smallest absolute Gasteiger partial charge is 0.266 e. The van der Waals surface area contributed by atoms with E-state index >= 15 is 0 Å². The monoisotopic (exact) mass is 455 g/mol. The molecule has 0 atom stereocenters. The fourth-order valence-corrected chi connectivity index (χ4v) is 4.32. The molecular formula is C25H21N5O2S. The SMILES string of the molecule is Cc1ccccc1-n1c(C)nc2c(OCc3nnc(Nc4ccccc4)s3)cccc2c1=O. The third-order valence-electron chi connectivity index (χ3n) is 5.23. The Labute approximate surface area is 194 Å². The molecule has 8 heteroatoms. The molecule has 0 aliphatic rings. The molecule has 0 spiro atoms. The molecule has 0 aliphatic carbocycles. The summed E-state index contributed by atoms with van der Waals surface area (Å²) in [5, 5.41) is 13.5. The number of nitrogens with one attached hydrogen (secondary N) is 1. The Morgan fingerprint density at radius 1 is 0.939 bits per heavy atom. The van der Waals surface area contributed by atoms with Crippen molar-refractivity contribution in [2.75, 3.05) is 5.32 Å². The second kappa shape index (κ2) is 8.84. The van der Waals surface area contributed by atoms with E-state index < -0.39 is 0 Å². The third kappa shape index (κ3) is 4.20. The van der Waals surface area contributed by atoms with Crippen LogP contribution in [0.3, 0.4) is 0 Å². The summed E-state index contributed by atoms with van der Waals surface area (Å²) in [6.45, 7) is 4.04. The van der Waals surface area contributed by atoms with E-state index in [1.54, 1.807) is 16.7 Å². The summed E-state index contributed by atoms with van der Waals surface area (Å²) in [6.07, 6.45) is 0. The van der Waals surface area contributed by atoms with Gasteiger partial charge in [-0.3, -0.25) is 9.36 Å². The average Bonchev–Trinajstić information content (AvgIpc) is 3.27. The Hall–Kier alpha value is -4.04. The van der Waals surface area contributed by atoms with Gasteiger partial charge in [-0.05, 0) is 49.7 Å². The van der Waals surface area contributed by atoms with Crippen LogP contribution < -0.4 is 15.6 Å². The van der Waals surface area contributed by atoms with Gasteiger partial charge in [0.1, 0.15) is 23.7 Å². The third-order valence-corrected chi connectivity index (χ3v) is 6.04. The highest BCUT2D eigenvalue weighted by Crippen LogP contribution is 2.26. The van der Waals surface area contributed by atoms with Crippen LogP contribution in [-0.4, -0.2) is 19.7 Å². The first kappa shape index (κ1) is 20.8. The lowest BCUT2D eigenvalue weighted by atomic mass is 10.1. The van der Waals surface area contributed by atoms with Crippen LogP contribution in [0, 0.1) is 13.8 Å². The molecule has 0 bridgehead atoms. The van der Waals surface area contributed by atoms with Gasteiger partial charge in [-0.25, -0.2) is 4.98 Å². The molecule has 0 saturated carbocycles. The number of ether oxygens (including phenoxy) is 1. The first-order valence-electron chi connectivity index (χ1n) is 10.5. The second-order valence-electron chi connectivity index (χ2n) is 7.52. The molecule has 164 valence electrons. The molecule has 5 rings (SSSR count). The van der Waals surface area contributed by atoms with Crippen LogP contribution in [0.5, 0.6) is 5.75 Å². The number of hydrogen-bond donors (Lipinski definition) is 1. The lowest BCUT2D eigenvalue weighted by Crippen LogP contribution is -2.23. The number of hydrogen-bond acceptors (Lipinski definition) is 7. The van der Waals surface area contributed by atoms with E-state index in [-0.39, 0.29) is 12.2 Å². The summed E-state index contributed by atoms with van der Waals surface area (Å²) in [6, 6.07) is 23.0. The number of anilines is 2. The van der Waals surface area contributed by atoms with Gasteiger partial charge in [0.2, 0.25) is 5.13 Å². The lowest BCUT2D eigenvalue weighted by molar-refractivity contribution is 0.307. The highest BCUT2D eigenvalue weighted by molar-refractivity contribution is 7.15. The van der Waals surface area contributed by atoms with Crippen molar-refractivity contribution in [3.63, 3.8) is 0 Å². The molecular weight excluding hydrogens is 434 g/mol. The van der Waals surface area contributed by atoms with Crippen molar-refractivity contribution >= 4 is 33.1 Å². The molecule has 0 unspecified atom stereocenters. The van der Waals surface area contributed by atoms with E-state index in [1.807, 2.05) is 74.5 Å². The molecule has 0 saturated heterocycles. The van der Waals surface area contributed by atoms with Crippen molar-refractivity contribution in [3.05, 3.63) is 99.5 Å². The maximum atomic E-state index is 13.3. The van der Waals surface area contributed by atoms with Crippen molar-refractivity contribution in [2.24, 2.45) is 0 Å². The van der Waals surface area contributed by atoms with Crippen LogP contribution in [0.2, 0.25) is 0 Å². The van der Waals surface area contributed by atoms with Crippen LogP contribution >= 0.6 is 11.3 Å². The van der Waals surface area contributed by atoms with E-state index in [0.717, 1.165) is 21.9 Å². The Morgan fingerprint density at radius 3 is 2.55 bits per heavy atom. The van der Waals surface area contributed by atoms with Crippen LogP contribution in [0.25, 0.3) is 16.6 Å². The Kier molecular flexibility index (Phi) is 5.58. The zero-order valence-electron chi connectivity index (χ0n) is 18.1. The first-order chi connectivity index (χ1) is 16.1. The van der Waals surface area contributed by atoms with Gasteiger partial charge in [-0.15, -0.1) is 10.2 Å². The summed E-state index contributed by atoms with van der Waals surface area (Å²) in [5.41, 5.74) is 3.19. The standard InChI is InChI=1S/C25H21N5O2S/c1-16-9-6-7-13-20(16)30-17(2)26-23-19(24(30)31)12-8-14-21(23)32-15-22-28-29-25(33-22)27-18-10-4-3-5-11-18/h3-14H,15H2,1-2H3,(H,27,29). The number of benzene rings is 3. The fourth-order valence-electron chi connectivity index (χ4n) is 3.65. The summed E-state index contributed by atoms with van der Waals surface area (Å²) < 4.78 is 7.66. The van der Waals surface area contributed by atoms with E-state index in [9.17, 15) is 4.79 Å². The van der Waals surface area contributed by atoms with Gasteiger partial charge >= 0.3 is 0 Å². The quantitative estimate of drug-likeness (QED) is 0.380. The maximum absolute atomic E-state index is 13.3. The minimum Gasteiger partial charge on any atom is -0.484 e. The molecule has 2 heterocycles. The maximum Gasteiger partial charge on any atom is 0.266 e. The van der Waals surface area contributed by atoms with E-state index in [1.165, 1.54) is 11.3 Å². The van der Waals surface area contributed by atoms with Gasteiger partial charge in [-0.2, -0.15) is 0 Å². The summed E-state index contributed by atoms with van der Waals surface area (Å²) >= 11 is 1.42. The Morgan fingerprint density at radius 2 is 1.73 bits per heavy atom. The minimum atomic E-state index is -0.123. The Bertz CT molecular complexity index is 1490. The van der Waals surface area contributed by atoms with Crippen molar-refractivity contribution in [1.29, 1.82) is 0 Å². The van der Waals surface area contributed by atoms with Crippen LogP contribution in [0.4, 0.5) is 10.8 Å². The normalized spacial score (nSPS) is 11.0. The van der Waals surface area contributed by atoms with Gasteiger partial charge < -0.3 is 10.1 Å². The number of aryl methyl sites for hydroxylation is 2. The number of para-hydroxylation sites is 3. The lowest BCUT2D eigenvalue weighted by Gasteiger charge is -2.14. The Balaban J connectivity index is 1.42. The van der Waals surface area contributed by atoms with Crippen LogP contribution in [0.15, 0.2) is 77.6 Å². The van der Waals surface area contributed by atoms with Crippen molar-refractivity contribution in [3.8, 4) is 11.4 Å². The van der Waals surface area contributed by atoms with Crippen molar-refractivity contribution in [1.82, 2.24) is 19.7 Å². The molecule has 7 nitrogen and oxygen atoms in total. The summed E-state index contributed by atoms with van der Waals surface area (Å²) in [7, 11) is 0. The van der Waals surface area contributed by atoms with Gasteiger partial charge in [0, 0.05) is 5.69 Å².